The van der Waals surface area contributed by atoms with Gasteiger partial charge in [-0.2, -0.15) is 5.10 Å². The van der Waals surface area contributed by atoms with E-state index in [4.69, 9.17) is 0 Å². The standard InChI is InChI=1S/C28H31FN4O/c1-3-4-23(32-28(34)19-11-13-30-14-12-19)15-20-5-6-21-16-26-25(18(2)27(20)21)17-31-33(26)24-9-7-22(29)8-10-24/h7-14,17-18,20,23H,3-6,15-16H2,1-2H3,(H,32,34)/t18-,20+,23?/m0/s1. The molecule has 1 unspecified atom stereocenters. The van der Waals surface area contributed by atoms with Crippen LogP contribution in [0.4, 0.5) is 4.39 Å². The number of fused-ring (bicyclic) bond motifs is 1. The van der Waals surface area contributed by atoms with Crippen LogP contribution < -0.4 is 5.32 Å². The number of rotatable bonds is 7. The number of pyridine rings is 1. The van der Waals surface area contributed by atoms with E-state index in [0.29, 0.717) is 17.4 Å². The number of aromatic nitrogens is 3. The highest BCUT2D eigenvalue weighted by molar-refractivity contribution is 5.94. The number of allylic oxidation sites excluding steroid dienone is 2. The second-order valence-electron chi connectivity index (χ2n) is 9.56. The first-order valence-electron chi connectivity index (χ1n) is 12.3. The van der Waals surface area contributed by atoms with E-state index in [1.54, 1.807) is 42.2 Å². The maximum absolute atomic E-state index is 13.4. The zero-order valence-corrected chi connectivity index (χ0v) is 19.8. The van der Waals surface area contributed by atoms with Gasteiger partial charge in [-0.3, -0.25) is 9.78 Å². The molecule has 0 radical (unpaired) electrons. The number of benzene rings is 1. The summed E-state index contributed by atoms with van der Waals surface area (Å²) >= 11 is 0. The second kappa shape index (κ2) is 9.53. The Hall–Kier alpha value is -3.28. The quantitative estimate of drug-likeness (QED) is 0.458. The van der Waals surface area contributed by atoms with Crippen LogP contribution in [0, 0.1) is 11.7 Å². The smallest absolute Gasteiger partial charge is 0.251 e. The third-order valence-corrected chi connectivity index (χ3v) is 7.41. The lowest BCUT2D eigenvalue weighted by Gasteiger charge is -2.29. The molecule has 34 heavy (non-hydrogen) atoms. The van der Waals surface area contributed by atoms with Crippen molar-refractivity contribution in [2.45, 2.75) is 64.3 Å². The molecular formula is C28H31FN4O. The lowest BCUT2D eigenvalue weighted by molar-refractivity contribution is 0.0929. The molecule has 0 aliphatic heterocycles. The van der Waals surface area contributed by atoms with E-state index in [1.165, 1.54) is 29.0 Å². The lowest BCUT2D eigenvalue weighted by atomic mass is 9.78. The van der Waals surface area contributed by atoms with Crippen molar-refractivity contribution in [2.24, 2.45) is 5.92 Å². The number of halogens is 1. The van der Waals surface area contributed by atoms with E-state index in [9.17, 15) is 9.18 Å². The van der Waals surface area contributed by atoms with Crippen molar-refractivity contribution in [1.29, 1.82) is 0 Å². The average molecular weight is 459 g/mol. The molecule has 0 saturated heterocycles. The van der Waals surface area contributed by atoms with Gasteiger partial charge in [0.05, 0.1) is 17.6 Å². The van der Waals surface area contributed by atoms with Crippen LogP contribution in [0.15, 0.2) is 66.1 Å². The molecule has 6 heteroatoms. The molecule has 176 valence electrons. The summed E-state index contributed by atoms with van der Waals surface area (Å²) in [5, 5.41) is 7.95. The normalized spacial score (nSPS) is 20.1. The number of carbonyl (C=O) groups is 1. The lowest BCUT2D eigenvalue weighted by Crippen LogP contribution is -2.36. The second-order valence-corrected chi connectivity index (χ2v) is 9.56. The van der Waals surface area contributed by atoms with E-state index in [2.05, 4.69) is 29.2 Å². The predicted octanol–water partition coefficient (Wildman–Crippen LogP) is 5.76. The molecule has 0 saturated carbocycles. The summed E-state index contributed by atoms with van der Waals surface area (Å²) in [6.45, 7) is 4.46. The molecule has 1 amide bonds. The van der Waals surface area contributed by atoms with E-state index < -0.39 is 0 Å². The van der Waals surface area contributed by atoms with Crippen molar-refractivity contribution in [3.8, 4) is 5.69 Å². The van der Waals surface area contributed by atoms with Crippen LogP contribution in [0.25, 0.3) is 5.69 Å². The van der Waals surface area contributed by atoms with Crippen molar-refractivity contribution in [3.63, 3.8) is 0 Å². The first-order chi connectivity index (χ1) is 16.5. The minimum absolute atomic E-state index is 0.0207. The van der Waals surface area contributed by atoms with Crippen LogP contribution in [-0.4, -0.2) is 26.7 Å². The van der Waals surface area contributed by atoms with Gasteiger partial charge in [0.1, 0.15) is 5.82 Å². The maximum Gasteiger partial charge on any atom is 0.251 e. The van der Waals surface area contributed by atoms with E-state index in [1.807, 2.05) is 10.9 Å². The number of hydrogen-bond donors (Lipinski definition) is 1. The first kappa shape index (κ1) is 22.5. The molecule has 2 aliphatic carbocycles. The predicted molar refractivity (Wildman–Crippen MR) is 130 cm³/mol. The fourth-order valence-electron chi connectivity index (χ4n) is 5.84. The van der Waals surface area contributed by atoms with Crippen molar-refractivity contribution in [3.05, 3.63) is 88.8 Å². The Balaban J connectivity index is 1.34. The van der Waals surface area contributed by atoms with Gasteiger partial charge in [-0.05, 0) is 68.0 Å². The minimum Gasteiger partial charge on any atom is -0.349 e. The van der Waals surface area contributed by atoms with E-state index in [-0.39, 0.29) is 17.8 Å². The van der Waals surface area contributed by atoms with Crippen LogP contribution >= 0.6 is 0 Å². The third kappa shape index (κ3) is 4.29. The van der Waals surface area contributed by atoms with Gasteiger partial charge in [-0.25, -0.2) is 9.07 Å². The highest BCUT2D eigenvalue weighted by atomic mass is 19.1. The van der Waals surface area contributed by atoms with Gasteiger partial charge in [-0.1, -0.05) is 31.4 Å². The van der Waals surface area contributed by atoms with Gasteiger partial charge in [0, 0.05) is 41.9 Å². The summed E-state index contributed by atoms with van der Waals surface area (Å²) in [6, 6.07) is 10.2. The summed E-state index contributed by atoms with van der Waals surface area (Å²) in [6.07, 6.45) is 11.4. The Morgan fingerprint density at radius 3 is 2.71 bits per heavy atom. The van der Waals surface area contributed by atoms with Crippen molar-refractivity contribution >= 4 is 5.91 Å². The topological polar surface area (TPSA) is 59.8 Å². The molecule has 3 aromatic rings. The Morgan fingerprint density at radius 1 is 1.21 bits per heavy atom. The number of nitrogens with zero attached hydrogens (tertiary/aromatic N) is 3. The zero-order chi connectivity index (χ0) is 23.7. The van der Waals surface area contributed by atoms with Crippen molar-refractivity contribution < 1.29 is 9.18 Å². The first-order valence-corrected chi connectivity index (χ1v) is 12.3. The Morgan fingerprint density at radius 2 is 1.97 bits per heavy atom. The van der Waals surface area contributed by atoms with Gasteiger partial charge in [0.25, 0.3) is 5.91 Å². The molecule has 2 heterocycles. The molecule has 1 aromatic carbocycles. The molecule has 2 aliphatic rings. The van der Waals surface area contributed by atoms with Crippen LogP contribution in [0.2, 0.25) is 0 Å². The third-order valence-electron chi connectivity index (χ3n) is 7.41. The molecule has 5 rings (SSSR count). The maximum atomic E-state index is 13.4. The van der Waals surface area contributed by atoms with Gasteiger partial charge >= 0.3 is 0 Å². The van der Waals surface area contributed by atoms with Crippen molar-refractivity contribution in [1.82, 2.24) is 20.1 Å². The van der Waals surface area contributed by atoms with Gasteiger partial charge < -0.3 is 5.32 Å². The Labute approximate surface area is 200 Å². The molecule has 3 atom stereocenters. The summed E-state index contributed by atoms with van der Waals surface area (Å²) in [5.74, 6) is 0.521. The van der Waals surface area contributed by atoms with Gasteiger partial charge in [0.15, 0.2) is 0 Å². The molecule has 0 bridgehead atoms. The molecule has 0 fully saturated rings. The van der Waals surface area contributed by atoms with Crippen LogP contribution in [-0.2, 0) is 6.42 Å². The van der Waals surface area contributed by atoms with E-state index in [0.717, 1.165) is 44.2 Å². The fourth-order valence-corrected chi connectivity index (χ4v) is 5.84. The minimum atomic E-state index is -0.237. The number of amides is 1. The summed E-state index contributed by atoms with van der Waals surface area (Å²) in [5.41, 5.74) is 7.11. The Kier molecular flexibility index (Phi) is 6.31. The number of nitrogens with one attached hydrogen (secondary N) is 1. The summed E-state index contributed by atoms with van der Waals surface area (Å²) in [7, 11) is 0. The van der Waals surface area contributed by atoms with Crippen LogP contribution in [0.5, 0.6) is 0 Å². The highest BCUT2D eigenvalue weighted by Gasteiger charge is 2.37. The average Bonchev–Trinajstić information content (AvgIpc) is 3.45. The van der Waals surface area contributed by atoms with Crippen LogP contribution in [0.1, 0.15) is 73.5 Å². The molecule has 1 N–H and O–H groups in total. The highest BCUT2D eigenvalue weighted by Crippen LogP contribution is 2.48. The molecule has 2 aromatic heterocycles. The largest absolute Gasteiger partial charge is 0.349 e. The van der Waals surface area contributed by atoms with Crippen LogP contribution in [0.3, 0.4) is 0 Å². The summed E-state index contributed by atoms with van der Waals surface area (Å²) in [4.78, 5) is 16.8. The molecule has 0 spiro atoms. The zero-order valence-electron chi connectivity index (χ0n) is 19.8. The van der Waals surface area contributed by atoms with Crippen molar-refractivity contribution in [2.75, 3.05) is 0 Å². The van der Waals surface area contributed by atoms with Gasteiger partial charge in [0.2, 0.25) is 0 Å². The Bertz CT molecular complexity index is 1200. The van der Waals surface area contributed by atoms with Gasteiger partial charge in [-0.15, -0.1) is 0 Å². The summed E-state index contributed by atoms with van der Waals surface area (Å²) < 4.78 is 15.4. The monoisotopic (exact) mass is 458 g/mol. The number of carbonyl (C=O) groups excluding carboxylic acids is 1. The SMILES string of the molecule is CCCC(C[C@H]1CCC2=C1[C@@H](C)c1cnn(-c3ccc(F)cc3)c1C2)NC(=O)c1ccncc1. The van der Waals surface area contributed by atoms with E-state index >= 15 is 0 Å². The number of hydrogen-bond acceptors (Lipinski definition) is 3. The fraction of sp³-hybridized carbons (Fsp3) is 0.393. The molecular weight excluding hydrogens is 427 g/mol. The molecule has 5 nitrogen and oxygen atoms in total.